The Bertz CT molecular complexity index is 878. The summed E-state index contributed by atoms with van der Waals surface area (Å²) in [6.07, 6.45) is 4.93. The van der Waals surface area contributed by atoms with Crippen molar-refractivity contribution in [1.82, 2.24) is 9.80 Å². The number of carbonyl (C=O) groups excluding carboxylic acids is 2. The monoisotopic (exact) mass is 424 g/mol. The summed E-state index contributed by atoms with van der Waals surface area (Å²) in [6, 6.07) is 17.7. The predicted molar refractivity (Wildman–Crippen MR) is 120 cm³/mol. The summed E-state index contributed by atoms with van der Waals surface area (Å²) in [7, 11) is 0. The van der Waals surface area contributed by atoms with E-state index in [1.807, 2.05) is 9.80 Å². The van der Waals surface area contributed by atoms with Crippen molar-refractivity contribution in [2.75, 3.05) is 26.2 Å². The molecule has 1 atom stereocenters. The lowest BCUT2D eigenvalue weighted by atomic mass is 9.89. The maximum absolute atomic E-state index is 13.1. The fourth-order valence-corrected chi connectivity index (χ4v) is 4.92. The van der Waals surface area contributed by atoms with Gasteiger partial charge in [-0.3, -0.25) is 9.59 Å². The number of rotatable bonds is 4. The van der Waals surface area contributed by atoms with E-state index in [0.29, 0.717) is 29.6 Å². The van der Waals surface area contributed by atoms with E-state index in [0.717, 1.165) is 45.2 Å². The lowest BCUT2D eigenvalue weighted by Crippen LogP contribution is -2.48. The Balaban J connectivity index is 1.31. The largest absolute Gasteiger partial charge is 0.342 e. The molecule has 2 aromatic carbocycles. The summed E-state index contributed by atoms with van der Waals surface area (Å²) in [5.41, 5.74) is 1.97. The van der Waals surface area contributed by atoms with Crippen LogP contribution in [0.5, 0.6) is 0 Å². The quantitative estimate of drug-likeness (QED) is 0.715. The number of halogens is 1. The van der Waals surface area contributed by atoms with Crippen molar-refractivity contribution in [3.8, 4) is 0 Å². The molecule has 2 aliphatic heterocycles. The normalized spacial score (nSPS) is 20.2. The molecule has 2 saturated heterocycles. The molecular weight excluding hydrogens is 396 g/mol. The Kier molecular flexibility index (Phi) is 6.73. The molecule has 0 aliphatic carbocycles. The van der Waals surface area contributed by atoms with E-state index in [2.05, 4.69) is 30.3 Å². The van der Waals surface area contributed by atoms with Crippen LogP contribution in [-0.4, -0.2) is 47.8 Å². The number of hydrogen-bond acceptors (Lipinski definition) is 2. The molecule has 2 aliphatic rings. The highest BCUT2D eigenvalue weighted by atomic mass is 35.5. The van der Waals surface area contributed by atoms with Gasteiger partial charge in [0, 0.05) is 36.8 Å². The molecule has 0 bridgehead atoms. The number of piperidine rings is 2. The van der Waals surface area contributed by atoms with Gasteiger partial charge >= 0.3 is 0 Å². The molecule has 2 amide bonds. The third kappa shape index (κ3) is 5.04. The first-order valence-electron chi connectivity index (χ1n) is 11.0. The number of amides is 2. The topological polar surface area (TPSA) is 40.6 Å². The zero-order chi connectivity index (χ0) is 20.9. The lowest BCUT2D eigenvalue weighted by Gasteiger charge is -2.38. The van der Waals surface area contributed by atoms with Gasteiger partial charge in [-0.1, -0.05) is 48.0 Å². The Morgan fingerprint density at radius 2 is 1.67 bits per heavy atom. The highest BCUT2D eigenvalue weighted by molar-refractivity contribution is 6.30. The van der Waals surface area contributed by atoms with E-state index in [9.17, 15) is 9.59 Å². The number of benzene rings is 2. The van der Waals surface area contributed by atoms with E-state index >= 15 is 0 Å². The number of carbonyl (C=O) groups is 2. The van der Waals surface area contributed by atoms with Crippen LogP contribution in [-0.2, 0) is 11.2 Å². The molecule has 0 unspecified atom stereocenters. The van der Waals surface area contributed by atoms with Crippen molar-refractivity contribution in [2.24, 2.45) is 11.8 Å². The maximum atomic E-state index is 13.1. The van der Waals surface area contributed by atoms with E-state index in [1.165, 1.54) is 5.56 Å². The van der Waals surface area contributed by atoms with Gasteiger partial charge in [-0.25, -0.2) is 0 Å². The first-order chi connectivity index (χ1) is 14.6. The van der Waals surface area contributed by atoms with Gasteiger partial charge in [0.1, 0.15) is 0 Å². The predicted octanol–water partition coefficient (Wildman–Crippen LogP) is 4.67. The molecule has 2 aromatic rings. The number of hydrogen-bond donors (Lipinski definition) is 0. The highest BCUT2D eigenvalue weighted by Crippen LogP contribution is 2.26. The average molecular weight is 425 g/mol. The Morgan fingerprint density at radius 3 is 2.40 bits per heavy atom. The smallest absolute Gasteiger partial charge is 0.253 e. The fourth-order valence-electron chi connectivity index (χ4n) is 4.73. The minimum atomic E-state index is -0.0902. The van der Waals surface area contributed by atoms with Crippen LogP contribution in [0.2, 0.25) is 5.02 Å². The van der Waals surface area contributed by atoms with Crippen LogP contribution in [0.25, 0.3) is 0 Å². The van der Waals surface area contributed by atoms with Crippen LogP contribution in [0, 0.1) is 11.8 Å². The van der Waals surface area contributed by atoms with Gasteiger partial charge in [-0.2, -0.15) is 0 Å². The van der Waals surface area contributed by atoms with Crippen molar-refractivity contribution in [1.29, 1.82) is 0 Å². The summed E-state index contributed by atoms with van der Waals surface area (Å²) < 4.78 is 0. The Morgan fingerprint density at radius 1 is 0.900 bits per heavy atom. The third-order valence-electron chi connectivity index (χ3n) is 6.42. The Hall–Kier alpha value is -2.33. The molecule has 4 nitrogen and oxygen atoms in total. The summed E-state index contributed by atoms with van der Waals surface area (Å²) in [4.78, 5) is 29.8. The number of likely N-dealkylation sites (tertiary alicyclic amines) is 2. The zero-order valence-corrected chi connectivity index (χ0v) is 18.1. The molecule has 0 spiro atoms. The van der Waals surface area contributed by atoms with E-state index < -0.39 is 0 Å². The molecule has 30 heavy (non-hydrogen) atoms. The van der Waals surface area contributed by atoms with Crippen LogP contribution < -0.4 is 0 Å². The molecule has 0 aromatic heterocycles. The summed E-state index contributed by atoms with van der Waals surface area (Å²) in [6.45, 7) is 2.87. The van der Waals surface area contributed by atoms with Gasteiger partial charge in [0.25, 0.3) is 5.91 Å². The summed E-state index contributed by atoms with van der Waals surface area (Å²) in [5, 5.41) is 0.559. The molecule has 4 rings (SSSR count). The molecule has 5 heteroatoms. The second kappa shape index (κ2) is 9.65. The van der Waals surface area contributed by atoms with Gasteiger partial charge in [-0.05, 0) is 61.8 Å². The molecule has 2 heterocycles. The van der Waals surface area contributed by atoms with Crippen molar-refractivity contribution in [2.45, 2.75) is 32.1 Å². The van der Waals surface area contributed by atoms with Crippen molar-refractivity contribution >= 4 is 23.4 Å². The van der Waals surface area contributed by atoms with Crippen LogP contribution in [0.4, 0.5) is 0 Å². The van der Waals surface area contributed by atoms with Crippen molar-refractivity contribution in [3.05, 3.63) is 70.7 Å². The van der Waals surface area contributed by atoms with Gasteiger partial charge in [0.2, 0.25) is 5.91 Å². The maximum Gasteiger partial charge on any atom is 0.253 e. The van der Waals surface area contributed by atoms with Crippen LogP contribution in [0.3, 0.4) is 0 Å². The number of nitrogens with zero attached hydrogens (tertiary/aromatic N) is 2. The average Bonchev–Trinajstić information content (AvgIpc) is 2.79. The van der Waals surface area contributed by atoms with E-state index in [4.69, 9.17) is 11.6 Å². The van der Waals surface area contributed by atoms with E-state index in [1.54, 1.807) is 24.3 Å². The first kappa shape index (κ1) is 20.9. The van der Waals surface area contributed by atoms with Gasteiger partial charge in [0.15, 0.2) is 0 Å². The van der Waals surface area contributed by atoms with Gasteiger partial charge < -0.3 is 9.80 Å². The fraction of sp³-hybridized carbons (Fsp3) is 0.440. The zero-order valence-electron chi connectivity index (χ0n) is 17.3. The summed E-state index contributed by atoms with van der Waals surface area (Å²) >= 11 is 6.04. The third-order valence-corrected chi connectivity index (χ3v) is 6.66. The molecule has 0 saturated carbocycles. The van der Waals surface area contributed by atoms with Crippen molar-refractivity contribution in [3.63, 3.8) is 0 Å². The second-order valence-electron chi connectivity index (χ2n) is 8.56. The van der Waals surface area contributed by atoms with Gasteiger partial charge in [0.05, 0.1) is 5.92 Å². The van der Waals surface area contributed by atoms with Crippen LogP contribution in [0.15, 0.2) is 54.6 Å². The molecular formula is C25H29ClN2O2. The van der Waals surface area contributed by atoms with Crippen molar-refractivity contribution < 1.29 is 9.59 Å². The van der Waals surface area contributed by atoms with Crippen LogP contribution >= 0.6 is 11.6 Å². The Labute approximate surface area is 183 Å². The first-order valence-corrected chi connectivity index (χ1v) is 11.4. The molecule has 0 N–H and O–H groups in total. The molecule has 158 valence electrons. The SMILES string of the molecule is O=C(c1cccc(Cl)c1)N1CCC[C@@H](C(=O)N2CCC(Cc3ccccc3)CC2)C1. The molecule has 2 fully saturated rings. The molecule has 0 radical (unpaired) electrons. The minimum absolute atomic E-state index is 0.0310. The summed E-state index contributed by atoms with van der Waals surface area (Å²) in [5.74, 6) is 0.740. The van der Waals surface area contributed by atoms with E-state index in [-0.39, 0.29) is 17.7 Å². The highest BCUT2D eigenvalue weighted by Gasteiger charge is 2.33. The second-order valence-corrected chi connectivity index (χ2v) is 9.00. The van der Waals surface area contributed by atoms with Gasteiger partial charge in [-0.15, -0.1) is 0 Å². The standard InChI is InChI=1S/C25H29ClN2O2/c26-23-10-4-8-21(17-23)24(29)28-13-5-9-22(18-28)25(30)27-14-11-20(12-15-27)16-19-6-2-1-3-7-19/h1-4,6-8,10,17,20,22H,5,9,11-16,18H2/t22-/m1/s1. The lowest BCUT2D eigenvalue weighted by molar-refractivity contribution is -0.138. The van der Waals surface area contributed by atoms with Crippen LogP contribution in [0.1, 0.15) is 41.6 Å². The minimum Gasteiger partial charge on any atom is -0.342 e.